The van der Waals surface area contributed by atoms with Gasteiger partial charge in [-0.2, -0.15) is 0 Å². The lowest BCUT2D eigenvalue weighted by Gasteiger charge is -2.36. The van der Waals surface area contributed by atoms with Gasteiger partial charge in [-0.25, -0.2) is 0 Å². The lowest BCUT2D eigenvalue weighted by atomic mass is 9.68. The predicted molar refractivity (Wildman–Crippen MR) is 110 cm³/mol. The molecule has 0 fully saturated rings. The Bertz CT molecular complexity index is 422. The topological polar surface area (TPSA) is 0 Å². The van der Waals surface area contributed by atoms with Crippen LogP contribution in [0.3, 0.4) is 0 Å². The van der Waals surface area contributed by atoms with Crippen molar-refractivity contribution in [1.29, 1.82) is 0 Å². The Morgan fingerprint density at radius 2 is 0.625 bits per heavy atom. The third-order valence-corrected chi connectivity index (χ3v) is 7.71. The molecule has 0 heterocycles. The quantitative estimate of drug-likeness (QED) is 0.431. The number of benzene rings is 1. The van der Waals surface area contributed by atoms with E-state index in [1.54, 1.807) is 16.7 Å². The van der Waals surface area contributed by atoms with Gasteiger partial charge in [-0.1, -0.05) is 80.5 Å². The lowest BCUT2D eigenvalue weighted by Crippen LogP contribution is -2.27. The Balaban J connectivity index is 3.69. The molecule has 138 valence electrons. The monoisotopic (exact) mass is 330 g/mol. The molecule has 0 atom stereocenters. The molecule has 0 bridgehead atoms. The summed E-state index contributed by atoms with van der Waals surface area (Å²) in [4.78, 5) is 0. The summed E-state index contributed by atoms with van der Waals surface area (Å²) in [6.45, 7) is 21.4. The Morgan fingerprint density at radius 3 is 0.750 bits per heavy atom. The summed E-state index contributed by atoms with van der Waals surface area (Å²) in [6, 6.07) is 7.61. The molecule has 0 unspecified atom stereocenters. The fraction of sp³-hybridized carbons (Fsp3) is 0.750. The molecule has 0 aromatic heterocycles. The maximum absolute atomic E-state index is 2.54. The maximum atomic E-state index is 2.54. The zero-order valence-electron chi connectivity index (χ0n) is 18.0. The van der Waals surface area contributed by atoms with Gasteiger partial charge in [0.25, 0.3) is 0 Å². The van der Waals surface area contributed by atoms with Crippen LogP contribution in [0.5, 0.6) is 0 Å². The van der Waals surface area contributed by atoms with Gasteiger partial charge in [0.1, 0.15) is 0 Å². The Kier molecular flexibility index (Phi) is 7.15. The van der Waals surface area contributed by atoms with Crippen LogP contribution < -0.4 is 0 Å². The molecule has 24 heavy (non-hydrogen) atoms. The van der Waals surface area contributed by atoms with E-state index in [2.05, 4.69) is 80.5 Å². The van der Waals surface area contributed by atoms with E-state index in [9.17, 15) is 0 Å². The molecule has 0 nitrogen and oxygen atoms in total. The van der Waals surface area contributed by atoms with Gasteiger partial charge in [0.05, 0.1) is 0 Å². The highest BCUT2D eigenvalue weighted by Gasteiger charge is 2.31. The van der Waals surface area contributed by atoms with Gasteiger partial charge in [0, 0.05) is 0 Å². The molecule has 1 aromatic carbocycles. The highest BCUT2D eigenvalue weighted by molar-refractivity contribution is 5.41. The van der Waals surface area contributed by atoms with Crippen molar-refractivity contribution < 1.29 is 0 Å². The van der Waals surface area contributed by atoms with Crippen LogP contribution in [0.25, 0.3) is 0 Å². The first-order chi connectivity index (χ1) is 11.2. The minimum Gasteiger partial charge on any atom is -0.0645 e. The molecular weight excluding hydrogens is 288 g/mol. The second kappa shape index (κ2) is 8.07. The van der Waals surface area contributed by atoms with E-state index in [1.165, 1.54) is 38.5 Å². The normalized spacial score (nSPS) is 13.4. The molecule has 1 rings (SSSR count). The molecule has 0 N–H and O–H groups in total. The van der Waals surface area contributed by atoms with Crippen molar-refractivity contribution in [3.05, 3.63) is 34.9 Å². The Labute approximate surface area is 152 Å². The SMILES string of the molecule is CCC(C)(CC)c1cc(C(C)(CC)CC)cc(C(C)(CC)CC)c1. The van der Waals surface area contributed by atoms with Crippen molar-refractivity contribution in [2.75, 3.05) is 0 Å². The average molecular weight is 331 g/mol. The summed E-state index contributed by atoms with van der Waals surface area (Å²) in [5.74, 6) is 0. The fourth-order valence-electron chi connectivity index (χ4n) is 3.65. The van der Waals surface area contributed by atoms with E-state index >= 15 is 0 Å². The predicted octanol–water partition coefficient (Wildman–Crippen LogP) is 7.92. The molecule has 0 heteroatoms. The standard InChI is InChI=1S/C24H42/c1-10-22(7,11-2)19-16-20(23(8,12-3)13-4)18-21(17-19)24(9,14-5)15-6/h16-18H,10-15H2,1-9H3. The van der Waals surface area contributed by atoms with E-state index in [-0.39, 0.29) is 16.2 Å². The highest BCUT2D eigenvalue weighted by Crippen LogP contribution is 2.41. The minimum atomic E-state index is 0.287. The zero-order chi connectivity index (χ0) is 18.6. The van der Waals surface area contributed by atoms with Crippen LogP contribution in [-0.2, 0) is 16.2 Å². The van der Waals surface area contributed by atoms with Crippen molar-refractivity contribution in [1.82, 2.24) is 0 Å². The van der Waals surface area contributed by atoms with Gasteiger partial charge in [0.2, 0.25) is 0 Å². The van der Waals surface area contributed by atoms with E-state index in [0.29, 0.717) is 0 Å². The largest absolute Gasteiger partial charge is 0.0645 e. The first-order valence-corrected chi connectivity index (χ1v) is 10.3. The molecule has 1 aromatic rings. The second-order valence-electron chi connectivity index (χ2n) is 8.60. The summed E-state index contributed by atoms with van der Waals surface area (Å²) in [7, 11) is 0. The molecule has 0 saturated heterocycles. The summed E-state index contributed by atoms with van der Waals surface area (Å²) in [5, 5.41) is 0. The van der Waals surface area contributed by atoms with Crippen LogP contribution in [0, 0.1) is 0 Å². The first kappa shape index (κ1) is 21.3. The van der Waals surface area contributed by atoms with Crippen molar-refractivity contribution >= 4 is 0 Å². The highest BCUT2D eigenvalue weighted by atomic mass is 14.4. The van der Waals surface area contributed by atoms with Gasteiger partial charge >= 0.3 is 0 Å². The molecule has 0 radical (unpaired) electrons. The molecular formula is C24H42. The minimum absolute atomic E-state index is 0.287. The number of hydrogen-bond donors (Lipinski definition) is 0. The van der Waals surface area contributed by atoms with Crippen molar-refractivity contribution in [3.63, 3.8) is 0 Å². The van der Waals surface area contributed by atoms with Crippen LogP contribution in [0.1, 0.15) is 118 Å². The van der Waals surface area contributed by atoms with Gasteiger partial charge in [-0.3, -0.25) is 0 Å². The summed E-state index contributed by atoms with van der Waals surface area (Å²) in [6.07, 6.45) is 7.23. The molecule has 0 aliphatic carbocycles. The van der Waals surface area contributed by atoms with Crippen LogP contribution in [0.15, 0.2) is 18.2 Å². The summed E-state index contributed by atoms with van der Waals surface area (Å²) >= 11 is 0. The van der Waals surface area contributed by atoms with Crippen LogP contribution in [0.4, 0.5) is 0 Å². The van der Waals surface area contributed by atoms with Crippen molar-refractivity contribution in [3.8, 4) is 0 Å². The molecule has 0 saturated carbocycles. The van der Waals surface area contributed by atoms with Gasteiger partial charge in [-0.15, -0.1) is 0 Å². The zero-order valence-corrected chi connectivity index (χ0v) is 18.0. The second-order valence-corrected chi connectivity index (χ2v) is 8.60. The van der Waals surface area contributed by atoms with Gasteiger partial charge in [0.15, 0.2) is 0 Å². The van der Waals surface area contributed by atoms with Crippen LogP contribution >= 0.6 is 0 Å². The summed E-state index contributed by atoms with van der Waals surface area (Å²) < 4.78 is 0. The first-order valence-electron chi connectivity index (χ1n) is 10.3. The van der Waals surface area contributed by atoms with E-state index in [1.807, 2.05) is 0 Å². The lowest BCUT2D eigenvalue weighted by molar-refractivity contribution is 0.409. The maximum Gasteiger partial charge on any atom is -0.00803 e. The van der Waals surface area contributed by atoms with Gasteiger partial charge in [-0.05, 0) is 71.5 Å². The van der Waals surface area contributed by atoms with E-state index in [4.69, 9.17) is 0 Å². The molecule has 0 aliphatic rings. The van der Waals surface area contributed by atoms with E-state index in [0.717, 1.165) is 0 Å². The summed E-state index contributed by atoms with van der Waals surface area (Å²) in [5.41, 5.74) is 5.53. The number of hydrogen-bond acceptors (Lipinski definition) is 0. The molecule has 0 amide bonds. The van der Waals surface area contributed by atoms with Gasteiger partial charge < -0.3 is 0 Å². The third-order valence-electron chi connectivity index (χ3n) is 7.71. The van der Waals surface area contributed by atoms with Crippen LogP contribution in [-0.4, -0.2) is 0 Å². The third kappa shape index (κ3) is 3.89. The average Bonchev–Trinajstić information content (AvgIpc) is 2.65. The smallest absolute Gasteiger partial charge is 0.00803 e. The molecule has 0 aliphatic heterocycles. The Morgan fingerprint density at radius 1 is 0.458 bits per heavy atom. The molecule has 0 spiro atoms. The number of rotatable bonds is 9. The van der Waals surface area contributed by atoms with E-state index < -0.39 is 0 Å². The fourth-order valence-corrected chi connectivity index (χ4v) is 3.65. The van der Waals surface area contributed by atoms with Crippen molar-refractivity contribution in [2.45, 2.75) is 117 Å². The van der Waals surface area contributed by atoms with Crippen molar-refractivity contribution in [2.24, 2.45) is 0 Å². The Hall–Kier alpha value is -0.780. The van der Waals surface area contributed by atoms with Crippen LogP contribution in [0.2, 0.25) is 0 Å².